The number of hydrogen-bond acceptors (Lipinski definition) is 4. The number of nitrogens with zero attached hydrogens (tertiary/aromatic N) is 1. The third-order valence-corrected chi connectivity index (χ3v) is 3.85. The first kappa shape index (κ1) is 15.3. The van der Waals surface area contributed by atoms with Gasteiger partial charge in [-0.1, -0.05) is 13.3 Å². The Hall–Kier alpha value is -0.750. The molecule has 0 radical (unpaired) electrons. The molecular formula is C12H21NO4S. The van der Waals surface area contributed by atoms with E-state index < -0.39 is 5.97 Å². The zero-order chi connectivity index (χ0) is 13.4. The van der Waals surface area contributed by atoms with E-state index in [1.807, 2.05) is 0 Å². The SMILES string of the molecule is CCCCSCC(=O)N1CCOCC1CC(=O)O. The van der Waals surface area contributed by atoms with Gasteiger partial charge in [0.15, 0.2) is 0 Å². The highest BCUT2D eigenvalue weighted by Gasteiger charge is 2.28. The van der Waals surface area contributed by atoms with Gasteiger partial charge in [0, 0.05) is 6.54 Å². The van der Waals surface area contributed by atoms with E-state index in [0.717, 1.165) is 18.6 Å². The van der Waals surface area contributed by atoms with E-state index in [-0.39, 0.29) is 18.4 Å². The number of carbonyl (C=O) groups is 2. The second kappa shape index (κ2) is 8.37. The number of hydrogen-bond donors (Lipinski definition) is 1. The normalized spacial score (nSPS) is 19.8. The van der Waals surface area contributed by atoms with Crippen LogP contribution in [-0.4, -0.2) is 59.2 Å². The topological polar surface area (TPSA) is 66.8 Å². The van der Waals surface area contributed by atoms with Gasteiger partial charge in [-0.15, -0.1) is 0 Å². The number of carboxylic acid groups (broad SMARTS) is 1. The summed E-state index contributed by atoms with van der Waals surface area (Å²) >= 11 is 1.62. The lowest BCUT2D eigenvalue weighted by atomic mass is 10.1. The minimum Gasteiger partial charge on any atom is -0.481 e. The molecule has 0 spiro atoms. The largest absolute Gasteiger partial charge is 0.481 e. The van der Waals surface area contributed by atoms with Crippen LogP contribution in [0.2, 0.25) is 0 Å². The molecule has 0 bridgehead atoms. The zero-order valence-electron chi connectivity index (χ0n) is 10.8. The van der Waals surface area contributed by atoms with Gasteiger partial charge < -0.3 is 14.7 Å². The molecular weight excluding hydrogens is 254 g/mol. The van der Waals surface area contributed by atoms with Gasteiger partial charge in [-0.25, -0.2) is 0 Å². The van der Waals surface area contributed by atoms with E-state index in [2.05, 4.69) is 6.92 Å². The van der Waals surface area contributed by atoms with Crippen LogP contribution in [0.5, 0.6) is 0 Å². The number of amides is 1. The summed E-state index contributed by atoms with van der Waals surface area (Å²) in [4.78, 5) is 24.4. The Morgan fingerprint density at radius 1 is 1.50 bits per heavy atom. The van der Waals surface area contributed by atoms with Crippen LogP contribution in [0.3, 0.4) is 0 Å². The Bertz CT molecular complexity index is 285. The lowest BCUT2D eigenvalue weighted by molar-refractivity contribution is -0.144. The fourth-order valence-electron chi connectivity index (χ4n) is 1.84. The first-order valence-corrected chi connectivity index (χ1v) is 7.47. The maximum absolute atomic E-state index is 12.0. The van der Waals surface area contributed by atoms with E-state index in [4.69, 9.17) is 9.84 Å². The number of aliphatic carboxylic acids is 1. The van der Waals surface area contributed by atoms with Crippen LogP contribution in [-0.2, 0) is 14.3 Å². The summed E-state index contributed by atoms with van der Waals surface area (Å²) in [5.41, 5.74) is 0. The highest BCUT2D eigenvalue weighted by atomic mass is 32.2. The van der Waals surface area contributed by atoms with E-state index in [1.165, 1.54) is 0 Å². The summed E-state index contributed by atoms with van der Waals surface area (Å²) in [6, 6.07) is -0.310. The smallest absolute Gasteiger partial charge is 0.305 e. The van der Waals surface area contributed by atoms with Crippen molar-refractivity contribution in [2.45, 2.75) is 32.2 Å². The molecule has 5 nitrogen and oxygen atoms in total. The molecule has 104 valence electrons. The van der Waals surface area contributed by atoms with Gasteiger partial charge in [-0.05, 0) is 12.2 Å². The zero-order valence-corrected chi connectivity index (χ0v) is 11.6. The van der Waals surface area contributed by atoms with Crippen LogP contribution >= 0.6 is 11.8 Å². The summed E-state index contributed by atoms with van der Waals surface area (Å²) in [6.45, 7) is 3.46. The maximum Gasteiger partial charge on any atom is 0.305 e. The van der Waals surface area contributed by atoms with Crippen molar-refractivity contribution in [2.75, 3.05) is 31.3 Å². The van der Waals surface area contributed by atoms with Crippen molar-refractivity contribution < 1.29 is 19.4 Å². The lowest BCUT2D eigenvalue weighted by Crippen LogP contribution is -2.50. The van der Waals surface area contributed by atoms with Crippen LogP contribution in [0.25, 0.3) is 0 Å². The number of ether oxygens (including phenoxy) is 1. The lowest BCUT2D eigenvalue weighted by Gasteiger charge is -2.34. The fourth-order valence-corrected chi connectivity index (χ4v) is 2.82. The van der Waals surface area contributed by atoms with Crippen molar-refractivity contribution in [1.29, 1.82) is 0 Å². The summed E-state index contributed by atoms with van der Waals surface area (Å²) in [7, 11) is 0. The molecule has 1 amide bonds. The summed E-state index contributed by atoms with van der Waals surface area (Å²) < 4.78 is 5.24. The Balaban J connectivity index is 2.39. The molecule has 0 aromatic carbocycles. The summed E-state index contributed by atoms with van der Waals surface area (Å²) in [6.07, 6.45) is 2.20. The van der Waals surface area contributed by atoms with Crippen LogP contribution in [0.1, 0.15) is 26.2 Å². The van der Waals surface area contributed by atoms with E-state index >= 15 is 0 Å². The molecule has 1 fully saturated rings. The number of carbonyl (C=O) groups excluding carboxylic acids is 1. The second-order valence-electron chi connectivity index (χ2n) is 4.32. The Kier molecular flexibility index (Phi) is 7.12. The first-order chi connectivity index (χ1) is 8.65. The van der Waals surface area contributed by atoms with E-state index in [9.17, 15) is 9.59 Å². The van der Waals surface area contributed by atoms with Crippen molar-refractivity contribution in [3.05, 3.63) is 0 Å². The van der Waals surface area contributed by atoms with Crippen molar-refractivity contribution >= 4 is 23.6 Å². The van der Waals surface area contributed by atoms with Gasteiger partial charge in [0.25, 0.3) is 0 Å². The predicted octanol–water partition coefficient (Wildman–Crippen LogP) is 1.22. The third kappa shape index (κ3) is 5.27. The van der Waals surface area contributed by atoms with Crippen molar-refractivity contribution in [1.82, 2.24) is 4.90 Å². The molecule has 18 heavy (non-hydrogen) atoms. The first-order valence-electron chi connectivity index (χ1n) is 6.32. The fraction of sp³-hybridized carbons (Fsp3) is 0.833. The highest BCUT2D eigenvalue weighted by molar-refractivity contribution is 7.99. The standard InChI is InChI=1S/C12H21NO4S/c1-2-3-6-18-9-11(14)13-4-5-17-8-10(13)7-12(15)16/h10H,2-9H2,1H3,(H,15,16). The highest BCUT2D eigenvalue weighted by Crippen LogP contribution is 2.14. The van der Waals surface area contributed by atoms with E-state index in [1.54, 1.807) is 16.7 Å². The van der Waals surface area contributed by atoms with Crippen molar-refractivity contribution in [3.8, 4) is 0 Å². The monoisotopic (exact) mass is 275 g/mol. The molecule has 1 rings (SSSR count). The molecule has 1 aliphatic rings. The number of rotatable bonds is 7. The Morgan fingerprint density at radius 3 is 2.94 bits per heavy atom. The molecule has 1 saturated heterocycles. The maximum atomic E-state index is 12.0. The van der Waals surface area contributed by atoms with Gasteiger partial charge in [0.05, 0.1) is 31.4 Å². The molecule has 0 saturated carbocycles. The van der Waals surface area contributed by atoms with Gasteiger partial charge in [0.1, 0.15) is 0 Å². The molecule has 1 heterocycles. The Labute approximate surface area is 112 Å². The van der Waals surface area contributed by atoms with Gasteiger partial charge in [0.2, 0.25) is 5.91 Å². The third-order valence-electron chi connectivity index (χ3n) is 2.83. The predicted molar refractivity (Wildman–Crippen MR) is 70.8 cm³/mol. The van der Waals surface area contributed by atoms with Crippen molar-refractivity contribution in [2.24, 2.45) is 0 Å². The average molecular weight is 275 g/mol. The molecule has 1 unspecified atom stereocenters. The molecule has 1 aliphatic heterocycles. The minimum atomic E-state index is -0.887. The van der Waals surface area contributed by atoms with Crippen LogP contribution in [0.15, 0.2) is 0 Å². The number of thioether (sulfide) groups is 1. The quantitative estimate of drug-likeness (QED) is 0.708. The summed E-state index contributed by atoms with van der Waals surface area (Å²) in [5, 5.41) is 8.81. The molecule has 0 aliphatic carbocycles. The van der Waals surface area contributed by atoms with Crippen molar-refractivity contribution in [3.63, 3.8) is 0 Å². The van der Waals surface area contributed by atoms with Gasteiger partial charge in [-0.2, -0.15) is 11.8 Å². The molecule has 1 atom stereocenters. The van der Waals surface area contributed by atoms with Crippen LogP contribution in [0.4, 0.5) is 0 Å². The second-order valence-corrected chi connectivity index (χ2v) is 5.43. The molecule has 0 aromatic rings. The van der Waals surface area contributed by atoms with Crippen LogP contribution < -0.4 is 0 Å². The Morgan fingerprint density at radius 2 is 2.28 bits per heavy atom. The van der Waals surface area contributed by atoms with Crippen LogP contribution in [0, 0.1) is 0 Å². The van der Waals surface area contributed by atoms with E-state index in [0.29, 0.717) is 25.5 Å². The number of morpholine rings is 1. The molecule has 1 N–H and O–H groups in total. The minimum absolute atomic E-state index is 0.0330. The number of carboxylic acids is 1. The van der Waals surface area contributed by atoms with Gasteiger partial charge in [-0.3, -0.25) is 9.59 Å². The van der Waals surface area contributed by atoms with Gasteiger partial charge >= 0.3 is 5.97 Å². The average Bonchev–Trinajstić information content (AvgIpc) is 2.34. The molecule has 6 heteroatoms. The summed E-state index contributed by atoms with van der Waals surface area (Å²) in [5.74, 6) is 0.569. The molecule has 0 aromatic heterocycles. The number of unbranched alkanes of at least 4 members (excludes halogenated alkanes) is 1.